The number of likely N-dealkylation sites (tertiary alicyclic amines) is 1. The largest absolute Gasteiger partial charge is 0.544 e. The van der Waals surface area contributed by atoms with Crippen molar-refractivity contribution in [3.05, 3.63) is 106 Å². The fraction of sp³-hybridized carbons (Fsp3) is 0.386. The van der Waals surface area contributed by atoms with Crippen molar-refractivity contribution in [2.45, 2.75) is 58.5 Å². The minimum atomic E-state index is -1.16. The number of ether oxygens (including phenoxy) is 1. The van der Waals surface area contributed by atoms with E-state index in [1.54, 1.807) is 34.4 Å². The summed E-state index contributed by atoms with van der Waals surface area (Å²) in [4.78, 5) is 56.8. The van der Waals surface area contributed by atoms with Crippen LogP contribution in [0.5, 0.6) is 0 Å². The van der Waals surface area contributed by atoms with Crippen molar-refractivity contribution >= 4 is 41.0 Å². The van der Waals surface area contributed by atoms with Crippen molar-refractivity contribution in [2.75, 3.05) is 45.2 Å². The molecule has 0 atom stereocenters. The number of amides is 3. The van der Waals surface area contributed by atoms with Gasteiger partial charge in [-0.15, -0.1) is 0 Å². The van der Waals surface area contributed by atoms with Gasteiger partial charge in [0.2, 0.25) is 5.91 Å². The number of methoxy groups -OCH3 is 1. The van der Waals surface area contributed by atoms with Gasteiger partial charge < -0.3 is 40.5 Å². The number of carboxylic acids is 1. The Balaban J connectivity index is 0.995. The Hall–Kier alpha value is -6.04. The van der Waals surface area contributed by atoms with Crippen LogP contribution in [-0.4, -0.2) is 87.8 Å². The van der Waals surface area contributed by atoms with E-state index in [2.05, 4.69) is 20.7 Å². The van der Waals surface area contributed by atoms with Crippen LogP contribution in [0.15, 0.2) is 61.1 Å². The average molecular weight is 874 g/mol. The van der Waals surface area contributed by atoms with E-state index in [1.165, 1.54) is 54.3 Å². The van der Waals surface area contributed by atoms with Gasteiger partial charge in [0.25, 0.3) is 11.8 Å². The summed E-state index contributed by atoms with van der Waals surface area (Å²) >= 11 is 6.56. The van der Waals surface area contributed by atoms with Gasteiger partial charge in [0.05, 0.1) is 41.8 Å². The number of carbonyl (C=O) groups is 4. The van der Waals surface area contributed by atoms with Crippen LogP contribution in [0.4, 0.5) is 14.5 Å². The third-order valence-corrected chi connectivity index (χ3v) is 11.4. The zero-order valence-corrected chi connectivity index (χ0v) is 35.6. The van der Waals surface area contributed by atoms with Gasteiger partial charge in [-0.25, -0.2) is 13.8 Å². The van der Waals surface area contributed by atoms with E-state index in [0.29, 0.717) is 82.7 Å². The summed E-state index contributed by atoms with van der Waals surface area (Å²) in [5.74, 6) is -4.64. The lowest BCUT2D eigenvalue weighted by molar-refractivity contribution is -0.698. The highest BCUT2D eigenvalue weighted by Crippen LogP contribution is 2.33. The van der Waals surface area contributed by atoms with E-state index in [1.807, 2.05) is 12.1 Å². The number of rotatable bonds is 18. The van der Waals surface area contributed by atoms with Crippen molar-refractivity contribution in [2.24, 2.45) is 18.7 Å². The number of halogens is 3. The molecule has 3 aromatic heterocycles. The molecule has 328 valence electrons. The number of carboxylic acid groups (broad SMARTS) is 1. The van der Waals surface area contributed by atoms with Crippen LogP contribution in [-0.2, 0) is 47.3 Å². The number of aryl methyl sites for hydroxylation is 2. The molecule has 4 heterocycles. The third-order valence-electron chi connectivity index (χ3n) is 11.1. The molecule has 62 heavy (non-hydrogen) atoms. The Labute approximate surface area is 362 Å². The van der Waals surface area contributed by atoms with Crippen LogP contribution < -0.4 is 26.0 Å². The standard InChI is InChI=1S/C44H50ClF2N9O6/c1-27-35(24-51-56(27)20-21-62-3)32-10-11-34(40(47)39(32)46)37-25-50-41(53(37)2)43(60)52-30-8-9-33(36(45)23-30)44(61)54-18-13-29(14-19-54)42(59)49-16-5-6-28-12-17-55(26-38(57)58)31(22-28)7-4-15-48/h8-12,17,22-25,29H,4-7,13-16,18-21,26,48H2,1-3H3,(H2-,49,52,57,58,59,60,61). The monoisotopic (exact) mass is 873 g/mol. The number of anilines is 1. The second kappa shape index (κ2) is 20.7. The number of nitrogens with two attached hydrogens (primary N) is 1. The molecule has 3 amide bonds. The Kier molecular flexibility index (Phi) is 15.2. The highest BCUT2D eigenvalue weighted by Gasteiger charge is 2.29. The second-order valence-corrected chi connectivity index (χ2v) is 15.6. The molecule has 0 radical (unpaired) electrons. The third kappa shape index (κ3) is 10.5. The van der Waals surface area contributed by atoms with Gasteiger partial charge in [-0.3, -0.25) is 19.1 Å². The molecular weight excluding hydrogens is 824 g/mol. The SMILES string of the molecule is COCCn1ncc(-c2ccc(-c3cnc(C(=O)Nc4ccc(C(=O)N5CCC(C(=O)NCCCc6cc[n+](CC(=O)[O-])c(CCCN)c6)CC5)c(Cl)c4)n3C)c(F)c2F)c1C. The average Bonchev–Trinajstić information content (AvgIpc) is 3.82. The molecule has 0 unspecified atom stereocenters. The van der Waals surface area contributed by atoms with Crippen molar-refractivity contribution in [1.29, 1.82) is 0 Å². The molecule has 0 aliphatic carbocycles. The minimum absolute atomic E-state index is 0.0508. The van der Waals surface area contributed by atoms with Gasteiger partial charge in [-0.05, 0) is 75.4 Å². The lowest BCUT2D eigenvalue weighted by atomic mass is 9.95. The van der Waals surface area contributed by atoms with Gasteiger partial charge in [0.1, 0.15) is 5.97 Å². The van der Waals surface area contributed by atoms with Crippen molar-refractivity contribution < 1.29 is 42.4 Å². The second-order valence-electron chi connectivity index (χ2n) is 15.2. The molecule has 4 N–H and O–H groups in total. The quantitative estimate of drug-likeness (QED) is 0.0872. The van der Waals surface area contributed by atoms with E-state index in [4.69, 9.17) is 22.1 Å². The number of hydrogen-bond acceptors (Lipinski definition) is 9. The maximum Gasteiger partial charge on any atom is 0.291 e. The molecular formula is C44H50ClF2N9O6. The molecule has 18 heteroatoms. The van der Waals surface area contributed by atoms with Crippen LogP contribution in [0.1, 0.15) is 63.6 Å². The maximum absolute atomic E-state index is 15.6. The number of aromatic nitrogens is 5. The Bertz CT molecular complexity index is 2450. The van der Waals surface area contributed by atoms with E-state index in [9.17, 15) is 24.3 Å². The van der Waals surface area contributed by atoms with Crippen molar-refractivity contribution in [1.82, 2.24) is 29.5 Å². The number of imidazole rings is 1. The van der Waals surface area contributed by atoms with Crippen LogP contribution in [0.25, 0.3) is 22.4 Å². The van der Waals surface area contributed by atoms with E-state index < -0.39 is 23.5 Å². The topological polar surface area (TPSA) is 193 Å². The first-order valence-corrected chi connectivity index (χ1v) is 20.8. The normalized spacial score (nSPS) is 13.0. The fourth-order valence-corrected chi connectivity index (χ4v) is 7.89. The first-order chi connectivity index (χ1) is 29.8. The Morgan fingerprint density at radius 3 is 2.45 bits per heavy atom. The van der Waals surface area contributed by atoms with Gasteiger partial charge in [-0.1, -0.05) is 17.7 Å². The lowest BCUT2D eigenvalue weighted by Crippen LogP contribution is -2.46. The summed E-state index contributed by atoms with van der Waals surface area (Å²) in [5, 5.41) is 21.2. The van der Waals surface area contributed by atoms with Crippen molar-refractivity contribution in [3.8, 4) is 22.4 Å². The number of benzene rings is 2. The lowest BCUT2D eigenvalue weighted by Gasteiger charge is -2.31. The van der Waals surface area contributed by atoms with Crippen molar-refractivity contribution in [3.63, 3.8) is 0 Å². The minimum Gasteiger partial charge on any atom is -0.544 e. The molecule has 1 fully saturated rings. The number of pyridine rings is 1. The number of hydrogen-bond donors (Lipinski definition) is 3. The molecule has 1 aliphatic rings. The van der Waals surface area contributed by atoms with Gasteiger partial charge in [0, 0.05) is 86.3 Å². The summed E-state index contributed by atoms with van der Waals surface area (Å²) in [6, 6.07) is 11.2. The molecule has 1 aliphatic heterocycles. The first kappa shape index (κ1) is 45.5. The Morgan fingerprint density at radius 1 is 1.00 bits per heavy atom. The Morgan fingerprint density at radius 2 is 1.74 bits per heavy atom. The molecule has 0 bridgehead atoms. The number of nitrogens with zero attached hydrogens (tertiary/aromatic N) is 6. The molecule has 2 aromatic carbocycles. The number of nitrogens with one attached hydrogen (secondary N) is 2. The zero-order valence-electron chi connectivity index (χ0n) is 34.9. The van der Waals surface area contributed by atoms with Gasteiger partial charge in [-0.2, -0.15) is 9.67 Å². The summed E-state index contributed by atoms with van der Waals surface area (Å²) in [7, 11) is 3.08. The number of piperidine rings is 1. The molecule has 15 nitrogen and oxygen atoms in total. The number of aliphatic carboxylic acids is 1. The van der Waals surface area contributed by atoms with E-state index in [0.717, 1.165) is 17.7 Å². The van der Waals surface area contributed by atoms with E-state index >= 15 is 8.78 Å². The predicted molar refractivity (Wildman–Crippen MR) is 225 cm³/mol. The highest BCUT2D eigenvalue weighted by atomic mass is 35.5. The molecule has 0 spiro atoms. The molecule has 0 saturated carbocycles. The van der Waals surface area contributed by atoms with Crippen LogP contribution in [0.2, 0.25) is 5.02 Å². The summed E-state index contributed by atoms with van der Waals surface area (Å²) in [6.07, 6.45) is 8.26. The summed E-state index contributed by atoms with van der Waals surface area (Å²) < 4.78 is 40.8. The smallest absolute Gasteiger partial charge is 0.291 e. The number of carbonyl (C=O) groups excluding carboxylic acids is 4. The fourth-order valence-electron chi connectivity index (χ4n) is 7.63. The van der Waals surface area contributed by atoms with E-state index in [-0.39, 0.29) is 63.2 Å². The summed E-state index contributed by atoms with van der Waals surface area (Å²) in [6.45, 7) is 4.10. The predicted octanol–water partition coefficient (Wildman–Crippen LogP) is 3.62. The van der Waals surface area contributed by atoms with Crippen LogP contribution in [0, 0.1) is 24.5 Å². The summed E-state index contributed by atoms with van der Waals surface area (Å²) in [5.41, 5.74) is 9.34. The van der Waals surface area contributed by atoms with Gasteiger partial charge >= 0.3 is 0 Å². The molecule has 5 aromatic rings. The molecule has 6 rings (SSSR count). The maximum atomic E-state index is 15.6. The zero-order chi connectivity index (χ0) is 44.5. The van der Waals surface area contributed by atoms with Crippen LogP contribution in [0.3, 0.4) is 0 Å². The van der Waals surface area contributed by atoms with Crippen LogP contribution >= 0.6 is 11.6 Å². The molecule has 1 saturated heterocycles. The van der Waals surface area contributed by atoms with Gasteiger partial charge in [0.15, 0.2) is 35.9 Å². The first-order valence-electron chi connectivity index (χ1n) is 20.4. The highest BCUT2D eigenvalue weighted by molar-refractivity contribution is 6.34.